The van der Waals surface area contributed by atoms with Gasteiger partial charge in [-0.3, -0.25) is 4.99 Å². The molecule has 0 rings (SSSR count). The van der Waals surface area contributed by atoms with Crippen molar-refractivity contribution in [1.29, 1.82) is 0 Å². The highest BCUT2D eigenvalue weighted by molar-refractivity contribution is 5.84. The maximum absolute atomic E-state index is 4.23. The molecular weight excluding hydrogens is 134 g/mol. The normalized spacial score (nSPS) is 14.5. The quantitative estimate of drug-likeness (QED) is 0.433. The van der Waals surface area contributed by atoms with E-state index in [9.17, 15) is 0 Å². The van der Waals surface area contributed by atoms with E-state index < -0.39 is 0 Å². The predicted octanol–water partition coefficient (Wildman–Crippen LogP) is 3.34. The highest BCUT2D eigenvalue weighted by Gasteiger charge is 1.90. The number of hydrogen-bond acceptors (Lipinski definition) is 1. The lowest BCUT2D eigenvalue weighted by Crippen LogP contribution is -1.90. The van der Waals surface area contributed by atoms with Crippen LogP contribution in [0.25, 0.3) is 0 Å². The van der Waals surface area contributed by atoms with Gasteiger partial charge in [-0.25, -0.2) is 0 Å². The molecule has 0 aromatic carbocycles. The van der Waals surface area contributed by atoms with Gasteiger partial charge in [-0.15, -0.1) is 0 Å². The van der Waals surface area contributed by atoms with Crippen LogP contribution in [0.2, 0.25) is 0 Å². The summed E-state index contributed by atoms with van der Waals surface area (Å²) in [4.78, 5) is 4.23. The minimum atomic E-state index is 0.987. The molecule has 0 aromatic heterocycles. The Balaban J connectivity index is 3.96. The summed E-state index contributed by atoms with van der Waals surface area (Å²) in [7, 11) is 0. The summed E-state index contributed by atoms with van der Waals surface area (Å²) in [5, 5.41) is 0. The fourth-order valence-corrected chi connectivity index (χ4v) is 0.753. The van der Waals surface area contributed by atoms with Crippen molar-refractivity contribution in [2.75, 3.05) is 0 Å². The van der Waals surface area contributed by atoms with Crippen LogP contribution in [-0.2, 0) is 0 Å². The molecule has 0 saturated heterocycles. The highest BCUT2D eigenvalue weighted by Crippen LogP contribution is 2.00. The molecule has 0 aliphatic rings. The van der Waals surface area contributed by atoms with E-state index in [4.69, 9.17) is 0 Å². The number of nitrogens with zero attached hydrogens (tertiary/aromatic N) is 1. The lowest BCUT2D eigenvalue weighted by molar-refractivity contribution is 1.22. The van der Waals surface area contributed by atoms with Gasteiger partial charge in [0.1, 0.15) is 0 Å². The number of aliphatic imine (C=N–C) groups is 1. The molecule has 62 valence electrons. The fraction of sp³-hybridized carbons (Fsp3) is 0.500. The predicted molar refractivity (Wildman–Crippen MR) is 52.0 cm³/mol. The third-order valence-corrected chi connectivity index (χ3v) is 1.47. The molecular formula is C10H17N. The van der Waals surface area contributed by atoms with E-state index in [0.717, 1.165) is 6.42 Å². The molecule has 11 heavy (non-hydrogen) atoms. The van der Waals surface area contributed by atoms with Crippen LogP contribution in [0, 0.1) is 0 Å². The Hall–Kier alpha value is -0.850. The summed E-state index contributed by atoms with van der Waals surface area (Å²) in [6, 6.07) is 0. The summed E-state index contributed by atoms with van der Waals surface area (Å²) in [5.41, 5.74) is 2.54. The highest BCUT2D eigenvalue weighted by atomic mass is 14.7. The second kappa shape index (κ2) is 5.90. The van der Waals surface area contributed by atoms with Gasteiger partial charge in [0.2, 0.25) is 0 Å². The average molecular weight is 151 g/mol. The molecule has 1 nitrogen and oxygen atoms in total. The van der Waals surface area contributed by atoms with Gasteiger partial charge in [0, 0.05) is 18.3 Å². The van der Waals surface area contributed by atoms with Crippen LogP contribution in [0.1, 0.15) is 34.1 Å². The largest absolute Gasteiger partial charge is 0.266 e. The Morgan fingerprint density at radius 3 is 2.36 bits per heavy atom. The van der Waals surface area contributed by atoms with E-state index >= 15 is 0 Å². The molecule has 0 amide bonds. The first kappa shape index (κ1) is 10.2. The minimum Gasteiger partial charge on any atom is -0.266 e. The van der Waals surface area contributed by atoms with Crippen LogP contribution in [0.4, 0.5) is 0 Å². The Morgan fingerprint density at radius 2 is 1.91 bits per heavy atom. The fourth-order valence-electron chi connectivity index (χ4n) is 0.753. The molecule has 0 N–H and O–H groups in total. The van der Waals surface area contributed by atoms with Crippen molar-refractivity contribution < 1.29 is 0 Å². The zero-order valence-corrected chi connectivity index (χ0v) is 7.89. The van der Waals surface area contributed by atoms with Gasteiger partial charge in [-0.2, -0.15) is 0 Å². The van der Waals surface area contributed by atoms with Crippen LogP contribution >= 0.6 is 0 Å². The van der Waals surface area contributed by atoms with Crippen LogP contribution in [0.3, 0.4) is 0 Å². The second-order valence-electron chi connectivity index (χ2n) is 2.66. The molecule has 0 radical (unpaired) electrons. The van der Waals surface area contributed by atoms with E-state index in [0.29, 0.717) is 0 Å². The van der Waals surface area contributed by atoms with Crippen LogP contribution < -0.4 is 0 Å². The summed E-state index contributed by atoms with van der Waals surface area (Å²) in [6.07, 6.45) is 6.88. The van der Waals surface area contributed by atoms with Crippen molar-refractivity contribution in [2.45, 2.75) is 34.1 Å². The van der Waals surface area contributed by atoms with E-state index in [1.165, 1.54) is 11.3 Å². The first-order valence-electron chi connectivity index (χ1n) is 3.97. The molecule has 0 bridgehead atoms. The average Bonchev–Trinajstić information content (AvgIpc) is 2.00. The number of allylic oxidation sites excluding steroid dienone is 3. The molecule has 0 spiro atoms. The maximum atomic E-state index is 4.23. The summed E-state index contributed by atoms with van der Waals surface area (Å²) in [6.45, 7) is 8.19. The van der Waals surface area contributed by atoms with Crippen LogP contribution in [0.15, 0.2) is 28.9 Å². The van der Waals surface area contributed by atoms with Crippen molar-refractivity contribution in [3.8, 4) is 0 Å². The zero-order chi connectivity index (χ0) is 8.69. The van der Waals surface area contributed by atoms with Crippen LogP contribution in [-0.4, -0.2) is 5.71 Å². The topological polar surface area (TPSA) is 12.4 Å². The van der Waals surface area contributed by atoms with Crippen LogP contribution in [0.5, 0.6) is 0 Å². The molecule has 1 heteroatoms. The van der Waals surface area contributed by atoms with Crippen molar-refractivity contribution in [1.82, 2.24) is 0 Å². The molecule has 0 unspecified atom stereocenters. The van der Waals surface area contributed by atoms with Crippen molar-refractivity contribution in [3.05, 3.63) is 23.9 Å². The van der Waals surface area contributed by atoms with E-state index in [1.807, 2.05) is 26.1 Å². The maximum Gasteiger partial charge on any atom is 0.0224 e. The van der Waals surface area contributed by atoms with E-state index in [2.05, 4.69) is 24.9 Å². The molecule has 0 fully saturated rings. The Kier molecular flexibility index (Phi) is 5.44. The van der Waals surface area contributed by atoms with Gasteiger partial charge in [0.25, 0.3) is 0 Å². The third-order valence-electron chi connectivity index (χ3n) is 1.47. The minimum absolute atomic E-state index is 0.987. The standard InChI is InChI=1S/C10H17N/c1-5-7-11-10(4)8-9(3)6-2/h5-7H,8H2,1-4H3/b7-5-,9-6+,11-10?. The Morgan fingerprint density at radius 1 is 1.27 bits per heavy atom. The van der Waals surface area contributed by atoms with Crippen molar-refractivity contribution >= 4 is 5.71 Å². The molecule has 0 aliphatic carbocycles. The van der Waals surface area contributed by atoms with Gasteiger partial charge in [-0.05, 0) is 27.7 Å². The summed E-state index contributed by atoms with van der Waals surface area (Å²) >= 11 is 0. The first-order valence-corrected chi connectivity index (χ1v) is 3.97. The summed E-state index contributed by atoms with van der Waals surface area (Å²) < 4.78 is 0. The van der Waals surface area contributed by atoms with Crippen molar-refractivity contribution in [3.63, 3.8) is 0 Å². The monoisotopic (exact) mass is 151 g/mol. The molecule has 0 saturated carbocycles. The number of hydrogen-bond donors (Lipinski definition) is 0. The van der Waals surface area contributed by atoms with Gasteiger partial charge < -0.3 is 0 Å². The summed E-state index contributed by atoms with van der Waals surface area (Å²) in [5.74, 6) is 0. The molecule has 0 aromatic rings. The molecule has 0 heterocycles. The van der Waals surface area contributed by atoms with Crippen molar-refractivity contribution in [2.24, 2.45) is 4.99 Å². The molecule has 0 atom stereocenters. The van der Waals surface area contributed by atoms with Gasteiger partial charge in [0.05, 0.1) is 0 Å². The SMILES string of the molecule is C/C=C\N=C(C)C/C(C)=C/C. The van der Waals surface area contributed by atoms with E-state index in [-0.39, 0.29) is 0 Å². The lowest BCUT2D eigenvalue weighted by atomic mass is 10.1. The lowest BCUT2D eigenvalue weighted by Gasteiger charge is -1.97. The zero-order valence-electron chi connectivity index (χ0n) is 7.89. The Bertz CT molecular complexity index is 185. The first-order chi connectivity index (χ1) is 5.20. The van der Waals surface area contributed by atoms with Gasteiger partial charge in [0.15, 0.2) is 0 Å². The smallest absolute Gasteiger partial charge is 0.0224 e. The number of rotatable bonds is 3. The van der Waals surface area contributed by atoms with E-state index in [1.54, 1.807) is 0 Å². The molecule has 0 aliphatic heterocycles. The Labute approximate surface area is 69.5 Å². The second-order valence-corrected chi connectivity index (χ2v) is 2.66. The van der Waals surface area contributed by atoms with Gasteiger partial charge >= 0.3 is 0 Å². The van der Waals surface area contributed by atoms with Gasteiger partial charge in [-0.1, -0.05) is 17.7 Å². The third kappa shape index (κ3) is 5.59.